The van der Waals surface area contributed by atoms with Gasteiger partial charge in [0.15, 0.2) is 0 Å². The van der Waals surface area contributed by atoms with Crippen molar-refractivity contribution in [3.8, 4) is 22.3 Å². The summed E-state index contributed by atoms with van der Waals surface area (Å²) in [6, 6.07) is 26.5. The summed E-state index contributed by atoms with van der Waals surface area (Å²) < 4.78 is 12.1. The zero-order valence-electron chi connectivity index (χ0n) is 17.0. The molecule has 3 rings (SSSR count). The first-order chi connectivity index (χ1) is 13.8. The number of hydrogen-bond acceptors (Lipinski definition) is 0. The number of aryl methyl sites for hydroxylation is 2. The van der Waals surface area contributed by atoms with E-state index >= 15 is 0 Å². The molecule has 0 heterocycles. The van der Waals surface area contributed by atoms with Crippen molar-refractivity contribution in [2.75, 3.05) is 6.67 Å². The maximum atomic E-state index is 12.1. The summed E-state index contributed by atoms with van der Waals surface area (Å²) in [5, 5.41) is 0. The fraction of sp³-hybridized carbons (Fsp3) is 0.333. The van der Waals surface area contributed by atoms with Crippen LogP contribution in [0.15, 0.2) is 72.8 Å². The third-order valence-electron chi connectivity index (χ3n) is 5.41. The summed E-state index contributed by atoms with van der Waals surface area (Å²) in [6.07, 6.45) is 7.76. The monoisotopic (exact) mass is 374 g/mol. The molecule has 0 N–H and O–H groups in total. The van der Waals surface area contributed by atoms with Crippen LogP contribution in [-0.2, 0) is 6.42 Å². The molecule has 0 nitrogen and oxygen atoms in total. The second-order valence-corrected chi connectivity index (χ2v) is 7.70. The Morgan fingerprint density at radius 1 is 0.500 bits per heavy atom. The molecule has 146 valence electrons. The maximum Gasteiger partial charge on any atom is 0.0894 e. The molecule has 3 aromatic rings. The summed E-state index contributed by atoms with van der Waals surface area (Å²) in [4.78, 5) is 0. The smallest absolute Gasteiger partial charge is 0.0894 e. The molecular formula is C27H31F. The van der Waals surface area contributed by atoms with Crippen LogP contribution in [0, 0.1) is 6.92 Å². The van der Waals surface area contributed by atoms with Gasteiger partial charge in [0.1, 0.15) is 0 Å². The van der Waals surface area contributed by atoms with E-state index in [9.17, 15) is 4.39 Å². The van der Waals surface area contributed by atoms with Crippen molar-refractivity contribution < 1.29 is 4.39 Å². The van der Waals surface area contributed by atoms with Gasteiger partial charge >= 0.3 is 0 Å². The second-order valence-electron chi connectivity index (χ2n) is 7.70. The predicted octanol–water partition coefficient (Wildman–Crippen LogP) is 8.18. The summed E-state index contributed by atoms with van der Waals surface area (Å²) in [7, 11) is 0. The molecule has 0 aliphatic carbocycles. The molecule has 0 unspecified atom stereocenters. The van der Waals surface area contributed by atoms with Crippen LogP contribution in [0.5, 0.6) is 0 Å². The Kier molecular flexibility index (Phi) is 7.84. The van der Waals surface area contributed by atoms with Gasteiger partial charge in [0.2, 0.25) is 0 Å². The highest BCUT2D eigenvalue weighted by atomic mass is 19.1. The van der Waals surface area contributed by atoms with Gasteiger partial charge in [-0.3, -0.25) is 4.39 Å². The molecule has 0 aliphatic heterocycles. The van der Waals surface area contributed by atoms with Gasteiger partial charge in [0.05, 0.1) is 6.67 Å². The Balaban J connectivity index is 1.51. The summed E-state index contributed by atoms with van der Waals surface area (Å²) >= 11 is 0. The van der Waals surface area contributed by atoms with Crippen molar-refractivity contribution in [3.05, 3.63) is 83.9 Å². The summed E-state index contributed by atoms with van der Waals surface area (Å²) in [5.74, 6) is 0. The Hall–Kier alpha value is -2.41. The molecule has 0 aromatic heterocycles. The molecule has 0 amide bonds. The van der Waals surface area contributed by atoms with E-state index < -0.39 is 0 Å². The van der Waals surface area contributed by atoms with Crippen molar-refractivity contribution in [1.82, 2.24) is 0 Å². The van der Waals surface area contributed by atoms with E-state index in [2.05, 4.69) is 79.7 Å². The highest BCUT2D eigenvalue weighted by Gasteiger charge is 2.01. The Morgan fingerprint density at radius 3 is 1.39 bits per heavy atom. The van der Waals surface area contributed by atoms with Gasteiger partial charge in [0, 0.05) is 0 Å². The zero-order valence-corrected chi connectivity index (χ0v) is 17.0. The molecule has 0 aliphatic rings. The van der Waals surface area contributed by atoms with Gasteiger partial charge in [-0.05, 0) is 54.0 Å². The molecule has 0 radical (unpaired) electrons. The van der Waals surface area contributed by atoms with Gasteiger partial charge in [-0.2, -0.15) is 0 Å². The van der Waals surface area contributed by atoms with Crippen molar-refractivity contribution >= 4 is 0 Å². The first-order valence-corrected chi connectivity index (χ1v) is 10.6. The topological polar surface area (TPSA) is 0 Å². The van der Waals surface area contributed by atoms with E-state index in [1.54, 1.807) is 0 Å². The van der Waals surface area contributed by atoms with Crippen LogP contribution in [0.1, 0.15) is 49.7 Å². The molecule has 0 spiro atoms. The number of alkyl halides is 1. The van der Waals surface area contributed by atoms with Gasteiger partial charge in [0.25, 0.3) is 0 Å². The fourth-order valence-corrected chi connectivity index (χ4v) is 3.60. The Bertz CT molecular complexity index is 814. The van der Waals surface area contributed by atoms with Crippen molar-refractivity contribution in [3.63, 3.8) is 0 Å². The molecule has 0 saturated carbocycles. The maximum absolute atomic E-state index is 12.1. The average Bonchev–Trinajstić information content (AvgIpc) is 2.74. The lowest BCUT2D eigenvalue weighted by Gasteiger charge is -2.07. The van der Waals surface area contributed by atoms with E-state index in [-0.39, 0.29) is 6.67 Å². The van der Waals surface area contributed by atoms with Crippen LogP contribution in [0.3, 0.4) is 0 Å². The molecule has 1 heteroatoms. The minimum absolute atomic E-state index is 0.166. The van der Waals surface area contributed by atoms with Crippen molar-refractivity contribution in [2.24, 2.45) is 0 Å². The summed E-state index contributed by atoms with van der Waals surface area (Å²) in [5.41, 5.74) is 7.74. The molecule has 0 atom stereocenters. The molecule has 3 aromatic carbocycles. The predicted molar refractivity (Wildman–Crippen MR) is 119 cm³/mol. The van der Waals surface area contributed by atoms with Gasteiger partial charge in [-0.1, -0.05) is 104 Å². The lowest BCUT2D eigenvalue weighted by atomic mass is 9.98. The lowest BCUT2D eigenvalue weighted by molar-refractivity contribution is 0.450. The van der Waals surface area contributed by atoms with Crippen LogP contribution in [0.25, 0.3) is 22.3 Å². The van der Waals surface area contributed by atoms with E-state index in [1.165, 1.54) is 59.1 Å². The van der Waals surface area contributed by atoms with Crippen molar-refractivity contribution in [2.45, 2.75) is 51.9 Å². The van der Waals surface area contributed by atoms with E-state index in [1.807, 2.05) is 0 Å². The fourth-order valence-electron chi connectivity index (χ4n) is 3.60. The van der Waals surface area contributed by atoms with Crippen LogP contribution < -0.4 is 0 Å². The average molecular weight is 375 g/mol. The van der Waals surface area contributed by atoms with Gasteiger partial charge < -0.3 is 0 Å². The van der Waals surface area contributed by atoms with E-state index in [0.29, 0.717) is 0 Å². The third kappa shape index (κ3) is 6.05. The van der Waals surface area contributed by atoms with Crippen LogP contribution in [-0.4, -0.2) is 6.67 Å². The largest absolute Gasteiger partial charge is 0.251 e. The van der Waals surface area contributed by atoms with Crippen molar-refractivity contribution in [1.29, 1.82) is 0 Å². The Labute approximate surface area is 169 Å². The standard InChI is InChI=1S/C27H31F/c1-22-9-13-24(14-10-22)26-17-19-27(20-18-26)25-15-11-23(12-16-25)8-6-4-2-3-5-7-21-28/h9-20H,2-8,21H2,1H3. The Morgan fingerprint density at radius 2 is 0.893 bits per heavy atom. The highest BCUT2D eigenvalue weighted by molar-refractivity contribution is 5.70. The third-order valence-corrected chi connectivity index (χ3v) is 5.41. The van der Waals surface area contributed by atoms with E-state index in [4.69, 9.17) is 0 Å². The second kappa shape index (κ2) is 10.8. The lowest BCUT2D eigenvalue weighted by Crippen LogP contribution is -1.87. The molecule has 0 bridgehead atoms. The van der Waals surface area contributed by atoms with Gasteiger partial charge in [-0.15, -0.1) is 0 Å². The number of halogens is 1. The highest BCUT2D eigenvalue weighted by Crippen LogP contribution is 2.25. The summed E-state index contributed by atoms with van der Waals surface area (Å²) in [6.45, 7) is 1.95. The molecule has 0 fully saturated rings. The van der Waals surface area contributed by atoms with Crippen LogP contribution in [0.2, 0.25) is 0 Å². The number of unbranched alkanes of at least 4 members (excludes halogenated alkanes) is 5. The van der Waals surface area contributed by atoms with Crippen LogP contribution >= 0.6 is 0 Å². The molecule has 0 saturated heterocycles. The minimum Gasteiger partial charge on any atom is -0.251 e. The number of rotatable bonds is 10. The van der Waals surface area contributed by atoms with E-state index in [0.717, 1.165) is 19.3 Å². The zero-order chi connectivity index (χ0) is 19.6. The first-order valence-electron chi connectivity index (χ1n) is 10.6. The number of benzene rings is 3. The minimum atomic E-state index is -0.166. The molecular weight excluding hydrogens is 343 g/mol. The quantitative estimate of drug-likeness (QED) is 0.314. The molecule has 28 heavy (non-hydrogen) atoms. The van der Waals surface area contributed by atoms with Crippen LogP contribution in [0.4, 0.5) is 4.39 Å². The first kappa shape index (κ1) is 20.3. The normalized spacial score (nSPS) is 10.9. The SMILES string of the molecule is Cc1ccc(-c2ccc(-c3ccc(CCCCCCCCF)cc3)cc2)cc1. The van der Waals surface area contributed by atoms with Gasteiger partial charge in [-0.25, -0.2) is 0 Å². The number of hydrogen-bond donors (Lipinski definition) is 0.